The Hall–Kier alpha value is -2.59. The van der Waals surface area contributed by atoms with Crippen LogP contribution in [0.1, 0.15) is 39.2 Å². The van der Waals surface area contributed by atoms with Crippen molar-refractivity contribution in [3.8, 4) is 0 Å². The number of hydrogen-bond acceptors (Lipinski definition) is 6. The summed E-state index contributed by atoms with van der Waals surface area (Å²) in [5.41, 5.74) is 6.47. The SMILES string of the molecule is CCC(N)C(=O)N(C(=O)[C@H](CC(C)(C)S(C)=O)NC=O)[C@@H](Cc1ccccc1)C(=O)O. The maximum absolute atomic E-state index is 13.4. The number of carbonyl (C=O) groups excluding carboxylic acids is 3. The Bertz CT molecular complexity index is 815. The highest BCUT2D eigenvalue weighted by Crippen LogP contribution is 2.22. The molecule has 31 heavy (non-hydrogen) atoms. The van der Waals surface area contributed by atoms with Gasteiger partial charge in [0.1, 0.15) is 12.1 Å². The van der Waals surface area contributed by atoms with Crippen molar-refractivity contribution in [2.75, 3.05) is 6.26 Å². The second-order valence-corrected chi connectivity index (χ2v) is 9.87. The van der Waals surface area contributed by atoms with Crippen LogP contribution in [0, 0.1) is 0 Å². The standard InChI is InChI=1S/C21H31N3O6S/c1-5-15(22)18(26)24(17(20(28)29)11-14-9-7-6-8-10-14)19(27)16(23-13-25)12-21(2,3)31(4)30/h6-10,13,15-17H,5,11-12,22H2,1-4H3,(H,23,25)(H,28,29)/t15?,16-,17-,31?/m0/s1. The van der Waals surface area contributed by atoms with Crippen molar-refractivity contribution in [1.82, 2.24) is 10.2 Å². The minimum atomic E-state index is -1.52. The minimum Gasteiger partial charge on any atom is -0.480 e. The van der Waals surface area contributed by atoms with Crippen LogP contribution in [0.25, 0.3) is 0 Å². The Morgan fingerprint density at radius 1 is 1.23 bits per heavy atom. The third-order valence-electron chi connectivity index (χ3n) is 5.14. The number of carboxylic acids is 1. The first-order valence-electron chi connectivity index (χ1n) is 9.88. The van der Waals surface area contributed by atoms with Crippen molar-refractivity contribution in [1.29, 1.82) is 0 Å². The fourth-order valence-corrected chi connectivity index (χ4v) is 3.37. The number of nitrogens with zero attached hydrogens (tertiary/aromatic N) is 1. The highest BCUT2D eigenvalue weighted by Gasteiger charge is 2.41. The van der Waals surface area contributed by atoms with E-state index in [1.165, 1.54) is 6.26 Å². The Morgan fingerprint density at radius 3 is 2.26 bits per heavy atom. The van der Waals surface area contributed by atoms with Gasteiger partial charge in [-0.25, -0.2) is 4.79 Å². The van der Waals surface area contributed by atoms with E-state index in [0.29, 0.717) is 16.9 Å². The molecular weight excluding hydrogens is 422 g/mol. The highest BCUT2D eigenvalue weighted by molar-refractivity contribution is 7.85. The van der Waals surface area contributed by atoms with Crippen LogP contribution in [0.3, 0.4) is 0 Å². The number of nitrogens with one attached hydrogen (secondary N) is 1. The number of imide groups is 1. The Labute approximate surface area is 184 Å². The van der Waals surface area contributed by atoms with E-state index in [0.717, 1.165) is 0 Å². The van der Waals surface area contributed by atoms with Crippen LogP contribution in [0.2, 0.25) is 0 Å². The maximum atomic E-state index is 13.4. The molecule has 0 aliphatic carbocycles. The van der Waals surface area contributed by atoms with Crippen molar-refractivity contribution >= 4 is 35.0 Å². The summed E-state index contributed by atoms with van der Waals surface area (Å²) in [6.45, 7) is 4.94. The maximum Gasteiger partial charge on any atom is 0.327 e. The molecule has 2 unspecified atom stereocenters. The molecule has 0 fully saturated rings. The number of rotatable bonds is 12. The molecule has 9 nitrogen and oxygen atoms in total. The molecule has 0 aliphatic rings. The first kappa shape index (κ1) is 26.4. The van der Waals surface area contributed by atoms with Gasteiger partial charge in [-0.2, -0.15) is 0 Å². The van der Waals surface area contributed by atoms with Crippen LogP contribution in [0.4, 0.5) is 0 Å². The molecule has 0 saturated carbocycles. The number of hydrogen-bond donors (Lipinski definition) is 3. The molecule has 172 valence electrons. The van der Waals surface area contributed by atoms with E-state index in [1.807, 2.05) is 0 Å². The minimum absolute atomic E-state index is 0.0590. The van der Waals surface area contributed by atoms with Crippen molar-refractivity contribution in [3.05, 3.63) is 35.9 Å². The monoisotopic (exact) mass is 453 g/mol. The average molecular weight is 454 g/mol. The number of carboxylic acid groups (broad SMARTS) is 1. The van der Waals surface area contributed by atoms with E-state index >= 15 is 0 Å². The van der Waals surface area contributed by atoms with Crippen LogP contribution in [0.15, 0.2) is 30.3 Å². The van der Waals surface area contributed by atoms with E-state index in [1.54, 1.807) is 51.1 Å². The van der Waals surface area contributed by atoms with E-state index in [4.69, 9.17) is 5.73 Å². The summed E-state index contributed by atoms with van der Waals surface area (Å²) >= 11 is 0. The molecule has 1 aromatic rings. The molecule has 0 aliphatic heterocycles. The van der Waals surface area contributed by atoms with Crippen LogP contribution in [-0.4, -0.2) is 67.5 Å². The number of nitrogens with two attached hydrogens (primary N) is 1. The van der Waals surface area contributed by atoms with E-state index < -0.39 is 51.5 Å². The fourth-order valence-electron chi connectivity index (χ4n) is 2.97. The molecule has 3 amide bonds. The van der Waals surface area contributed by atoms with Crippen molar-refractivity contribution in [3.63, 3.8) is 0 Å². The largest absolute Gasteiger partial charge is 0.480 e. The quantitative estimate of drug-likeness (QED) is 0.389. The predicted molar refractivity (Wildman–Crippen MR) is 117 cm³/mol. The van der Waals surface area contributed by atoms with Gasteiger partial charge in [-0.1, -0.05) is 37.3 Å². The second-order valence-electron chi connectivity index (χ2n) is 7.86. The van der Waals surface area contributed by atoms with E-state index in [2.05, 4.69) is 5.32 Å². The summed E-state index contributed by atoms with van der Waals surface area (Å²) in [5, 5.41) is 12.2. The molecule has 4 atom stereocenters. The zero-order valence-electron chi connectivity index (χ0n) is 18.2. The predicted octanol–water partition coefficient (Wildman–Crippen LogP) is 0.437. The van der Waals surface area contributed by atoms with E-state index in [-0.39, 0.29) is 19.3 Å². The molecule has 1 aromatic carbocycles. The normalized spacial score (nSPS) is 15.3. The third kappa shape index (κ3) is 7.25. The van der Waals surface area contributed by atoms with Crippen molar-refractivity contribution < 1.29 is 28.5 Å². The molecule has 0 saturated heterocycles. The molecular formula is C21H31N3O6S. The Balaban J connectivity index is 3.43. The van der Waals surface area contributed by atoms with Gasteiger partial charge in [-0.05, 0) is 32.3 Å². The molecule has 0 bridgehead atoms. The Kier molecular flexibility index (Phi) is 9.99. The van der Waals surface area contributed by atoms with Crippen LogP contribution in [-0.2, 0) is 36.4 Å². The van der Waals surface area contributed by atoms with Crippen LogP contribution >= 0.6 is 0 Å². The van der Waals surface area contributed by atoms with Gasteiger partial charge >= 0.3 is 5.97 Å². The summed E-state index contributed by atoms with van der Waals surface area (Å²) < 4.78 is 11.2. The topological polar surface area (TPSA) is 147 Å². The van der Waals surface area contributed by atoms with Gasteiger partial charge in [-0.3, -0.25) is 23.5 Å². The summed E-state index contributed by atoms with van der Waals surface area (Å²) in [6.07, 6.45) is 1.77. The molecule has 0 spiro atoms. The zero-order chi connectivity index (χ0) is 23.8. The van der Waals surface area contributed by atoms with Gasteiger partial charge in [0, 0.05) is 28.2 Å². The molecule has 0 radical (unpaired) electrons. The number of carbonyl (C=O) groups is 4. The first-order valence-corrected chi connectivity index (χ1v) is 11.4. The van der Waals surface area contributed by atoms with Crippen LogP contribution in [0.5, 0.6) is 0 Å². The van der Waals surface area contributed by atoms with Gasteiger partial charge in [0.2, 0.25) is 12.3 Å². The summed E-state index contributed by atoms with van der Waals surface area (Å²) in [4.78, 5) is 50.3. The van der Waals surface area contributed by atoms with Crippen LogP contribution < -0.4 is 11.1 Å². The van der Waals surface area contributed by atoms with Gasteiger partial charge in [-0.15, -0.1) is 0 Å². The lowest BCUT2D eigenvalue weighted by atomic mass is 9.98. The van der Waals surface area contributed by atoms with Gasteiger partial charge in [0.05, 0.1) is 6.04 Å². The molecule has 4 N–H and O–H groups in total. The summed E-state index contributed by atoms with van der Waals surface area (Å²) in [6, 6.07) is 4.71. The molecule has 0 aromatic heterocycles. The number of aliphatic carboxylic acids is 1. The number of benzene rings is 1. The lowest BCUT2D eigenvalue weighted by molar-refractivity contribution is -0.160. The Morgan fingerprint density at radius 2 is 1.81 bits per heavy atom. The average Bonchev–Trinajstić information content (AvgIpc) is 2.72. The fraction of sp³-hybridized carbons (Fsp3) is 0.524. The molecule has 0 heterocycles. The van der Waals surface area contributed by atoms with Crippen molar-refractivity contribution in [2.45, 2.75) is 62.9 Å². The third-order valence-corrected chi connectivity index (χ3v) is 6.86. The molecule has 1 rings (SSSR count). The molecule has 10 heteroatoms. The van der Waals surface area contributed by atoms with E-state index in [9.17, 15) is 28.5 Å². The van der Waals surface area contributed by atoms with Crippen molar-refractivity contribution in [2.24, 2.45) is 5.73 Å². The van der Waals surface area contributed by atoms with Gasteiger partial charge in [0.15, 0.2) is 0 Å². The lowest BCUT2D eigenvalue weighted by Gasteiger charge is -2.34. The highest BCUT2D eigenvalue weighted by atomic mass is 32.2. The van der Waals surface area contributed by atoms with Gasteiger partial charge < -0.3 is 16.2 Å². The smallest absolute Gasteiger partial charge is 0.327 e. The first-order chi connectivity index (χ1) is 14.5. The summed E-state index contributed by atoms with van der Waals surface area (Å²) in [5.74, 6) is -3.12. The number of amides is 3. The van der Waals surface area contributed by atoms with Gasteiger partial charge in [0.25, 0.3) is 5.91 Å². The lowest BCUT2D eigenvalue weighted by Crippen LogP contribution is -2.60. The zero-order valence-corrected chi connectivity index (χ0v) is 19.1. The second kappa shape index (κ2) is 11.7. The summed E-state index contributed by atoms with van der Waals surface area (Å²) in [7, 11) is -1.35.